The van der Waals surface area contributed by atoms with Crippen LogP contribution >= 0.6 is 23.2 Å². The zero-order valence-corrected chi connectivity index (χ0v) is 13.7. The molecule has 128 valence electrons. The summed E-state index contributed by atoms with van der Waals surface area (Å²) in [6.07, 6.45) is -2.32. The van der Waals surface area contributed by atoms with E-state index < -0.39 is 17.7 Å². The molecule has 0 spiro atoms. The third-order valence-corrected chi connectivity index (χ3v) is 3.88. The lowest BCUT2D eigenvalue weighted by Crippen LogP contribution is -2.08. The van der Waals surface area contributed by atoms with Crippen LogP contribution in [0.3, 0.4) is 0 Å². The van der Waals surface area contributed by atoms with E-state index in [-0.39, 0.29) is 16.7 Å². The van der Waals surface area contributed by atoms with Gasteiger partial charge in [0.05, 0.1) is 17.8 Å². The number of benzene rings is 1. The van der Waals surface area contributed by atoms with E-state index in [1.54, 1.807) is 11.5 Å². The molecular formula is C15H11Cl2F3N2O2. The number of hydrogen-bond donors (Lipinski definition) is 1. The Morgan fingerprint density at radius 2 is 2.04 bits per heavy atom. The van der Waals surface area contributed by atoms with Gasteiger partial charge in [0.15, 0.2) is 5.15 Å². The number of halogens is 5. The van der Waals surface area contributed by atoms with E-state index in [9.17, 15) is 18.0 Å². The Morgan fingerprint density at radius 1 is 1.38 bits per heavy atom. The zero-order chi connectivity index (χ0) is 18.1. The maximum atomic E-state index is 12.7. The summed E-state index contributed by atoms with van der Waals surface area (Å²) in [6, 6.07) is 3.04. The maximum Gasteiger partial charge on any atom is 0.416 e. The number of hydrogen-bond acceptors (Lipinski definition) is 2. The molecule has 2 aromatic rings. The number of aromatic nitrogens is 2. The van der Waals surface area contributed by atoms with Crippen LogP contribution in [0.5, 0.6) is 0 Å². The molecule has 4 nitrogen and oxygen atoms in total. The molecule has 1 N–H and O–H groups in total. The highest BCUT2D eigenvalue weighted by molar-refractivity contribution is 6.31. The molecule has 0 saturated heterocycles. The smallest absolute Gasteiger partial charge is 0.416 e. The molecule has 0 aliphatic heterocycles. The Labute approximate surface area is 145 Å². The molecule has 1 aromatic carbocycles. The molecule has 9 heteroatoms. The van der Waals surface area contributed by atoms with Crippen LogP contribution in [-0.2, 0) is 17.5 Å². The van der Waals surface area contributed by atoms with Gasteiger partial charge in [-0.05, 0) is 30.7 Å². The first-order chi connectivity index (χ1) is 11.1. The monoisotopic (exact) mass is 378 g/mol. The Balaban J connectivity index is 2.40. The summed E-state index contributed by atoms with van der Waals surface area (Å²) >= 11 is 11.9. The van der Waals surface area contributed by atoms with Crippen LogP contribution in [0, 0.1) is 6.92 Å². The van der Waals surface area contributed by atoms with Crippen molar-refractivity contribution in [3.8, 4) is 0 Å². The SMILES string of the molecule is Cc1nc(Cl)c(/C=C/C(=O)O)n1Cc1ccc(C(F)(F)F)cc1Cl. The molecule has 0 bridgehead atoms. The summed E-state index contributed by atoms with van der Waals surface area (Å²) in [5.74, 6) is -0.690. The molecule has 0 aliphatic carbocycles. The van der Waals surface area contributed by atoms with Crippen LogP contribution in [0.2, 0.25) is 10.2 Å². The lowest BCUT2D eigenvalue weighted by Gasteiger charge is -2.12. The van der Waals surface area contributed by atoms with Gasteiger partial charge in [0.2, 0.25) is 0 Å². The van der Waals surface area contributed by atoms with Crippen LogP contribution in [0.1, 0.15) is 22.6 Å². The number of imidazole rings is 1. The molecule has 0 radical (unpaired) electrons. The number of carboxylic acid groups (broad SMARTS) is 1. The third-order valence-electron chi connectivity index (χ3n) is 3.25. The largest absolute Gasteiger partial charge is 0.478 e. The van der Waals surface area contributed by atoms with Gasteiger partial charge in [0.1, 0.15) is 5.82 Å². The van der Waals surface area contributed by atoms with Crippen LogP contribution < -0.4 is 0 Å². The fourth-order valence-electron chi connectivity index (χ4n) is 2.08. The number of nitrogens with zero attached hydrogens (tertiary/aromatic N) is 2. The minimum absolute atomic E-state index is 0.0535. The highest BCUT2D eigenvalue weighted by atomic mass is 35.5. The van der Waals surface area contributed by atoms with Gasteiger partial charge in [0, 0.05) is 11.1 Å². The van der Waals surface area contributed by atoms with Gasteiger partial charge in [-0.1, -0.05) is 29.3 Å². The van der Waals surface area contributed by atoms with E-state index >= 15 is 0 Å². The van der Waals surface area contributed by atoms with Crippen molar-refractivity contribution in [2.24, 2.45) is 0 Å². The second kappa shape index (κ2) is 6.86. The molecule has 24 heavy (non-hydrogen) atoms. The summed E-state index contributed by atoms with van der Waals surface area (Å²) in [7, 11) is 0. The van der Waals surface area contributed by atoms with Gasteiger partial charge >= 0.3 is 12.1 Å². The number of rotatable bonds is 4. The normalized spacial score (nSPS) is 12.1. The molecule has 0 aliphatic rings. The van der Waals surface area contributed by atoms with Crippen molar-refractivity contribution >= 4 is 35.2 Å². The van der Waals surface area contributed by atoms with Crippen molar-refractivity contribution in [1.29, 1.82) is 0 Å². The topological polar surface area (TPSA) is 55.1 Å². The van der Waals surface area contributed by atoms with Crippen molar-refractivity contribution in [2.45, 2.75) is 19.6 Å². The number of aliphatic carboxylic acids is 1. The first kappa shape index (κ1) is 18.4. The number of carbonyl (C=O) groups is 1. The van der Waals surface area contributed by atoms with E-state index in [0.29, 0.717) is 17.1 Å². The highest BCUT2D eigenvalue weighted by Crippen LogP contribution is 2.32. The van der Waals surface area contributed by atoms with Crippen LogP contribution in [0.15, 0.2) is 24.3 Å². The van der Waals surface area contributed by atoms with Crippen LogP contribution in [0.4, 0.5) is 13.2 Å². The second-order valence-corrected chi connectivity index (χ2v) is 5.66. The summed E-state index contributed by atoms with van der Waals surface area (Å²) < 4.78 is 39.6. The zero-order valence-electron chi connectivity index (χ0n) is 12.2. The van der Waals surface area contributed by atoms with Crippen LogP contribution in [0.25, 0.3) is 6.08 Å². The molecule has 1 aromatic heterocycles. The predicted octanol–water partition coefficient (Wildman–Crippen LogP) is 4.66. The summed E-state index contributed by atoms with van der Waals surface area (Å²) in [5.41, 5.74) is -0.0954. The summed E-state index contributed by atoms with van der Waals surface area (Å²) in [6.45, 7) is 1.74. The first-order valence-corrected chi connectivity index (χ1v) is 7.34. The summed E-state index contributed by atoms with van der Waals surface area (Å²) in [5, 5.41) is 8.75. The fourth-order valence-corrected chi connectivity index (χ4v) is 2.60. The van der Waals surface area contributed by atoms with Gasteiger partial charge < -0.3 is 9.67 Å². The van der Waals surface area contributed by atoms with E-state index in [1.807, 2.05) is 0 Å². The predicted molar refractivity (Wildman–Crippen MR) is 84.2 cm³/mol. The summed E-state index contributed by atoms with van der Waals surface area (Å²) in [4.78, 5) is 14.7. The Morgan fingerprint density at radius 3 is 2.58 bits per heavy atom. The standard InChI is InChI=1S/C15H11Cl2F3N2O2/c1-8-21-14(17)12(4-5-13(23)24)22(8)7-9-2-3-10(6-11(9)16)15(18,19)20/h2-6H,7H2,1H3,(H,23,24)/b5-4+. The van der Waals surface area contributed by atoms with Crippen molar-refractivity contribution in [3.05, 3.63) is 57.1 Å². The molecule has 0 atom stereocenters. The van der Waals surface area contributed by atoms with E-state index in [1.165, 1.54) is 12.1 Å². The van der Waals surface area contributed by atoms with Gasteiger partial charge in [-0.15, -0.1) is 0 Å². The molecule has 0 fully saturated rings. The van der Waals surface area contributed by atoms with Crippen LogP contribution in [-0.4, -0.2) is 20.6 Å². The van der Waals surface area contributed by atoms with Gasteiger partial charge in [0.25, 0.3) is 0 Å². The number of aryl methyl sites for hydroxylation is 1. The lowest BCUT2D eigenvalue weighted by molar-refractivity contribution is -0.137. The highest BCUT2D eigenvalue weighted by Gasteiger charge is 2.30. The quantitative estimate of drug-likeness (QED) is 0.786. The molecule has 0 saturated carbocycles. The third kappa shape index (κ3) is 4.10. The van der Waals surface area contributed by atoms with Crippen molar-refractivity contribution in [3.63, 3.8) is 0 Å². The molecular weight excluding hydrogens is 368 g/mol. The van der Waals surface area contributed by atoms with Gasteiger partial charge in [-0.3, -0.25) is 0 Å². The Bertz CT molecular complexity index is 814. The van der Waals surface area contributed by atoms with E-state index in [2.05, 4.69) is 4.98 Å². The van der Waals surface area contributed by atoms with Gasteiger partial charge in [-0.25, -0.2) is 9.78 Å². The average molecular weight is 379 g/mol. The number of carboxylic acids is 1. The second-order valence-electron chi connectivity index (χ2n) is 4.90. The molecule has 0 unspecified atom stereocenters. The van der Waals surface area contributed by atoms with Crippen molar-refractivity contribution in [2.75, 3.05) is 0 Å². The number of alkyl halides is 3. The lowest BCUT2D eigenvalue weighted by atomic mass is 10.1. The van der Waals surface area contributed by atoms with Crippen molar-refractivity contribution < 1.29 is 23.1 Å². The van der Waals surface area contributed by atoms with Gasteiger partial charge in [-0.2, -0.15) is 13.2 Å². The Kier molecular flexibility index (Phi) is 5.25. The molecule has 1 heterocycles. The minimum atomic E-state index is -4.48. The minimum Gasteiger partial charge on any atom is -0.478 e. The average Bonchev–Trinajstić information content (AvgIpc) is 2.71. The molecule has 2 rings (SSSR count). The maximum absolute atomic E-state index is 12.7. The first-order valence-electron chi connectivity index (χ1n) is 6.59. The fraction of sp³-hybridized carbons (Fsp3) is 0.200. The Hall–Kier alpha value is -1.99. The van der Waals surface area contributed by atoms with E-state index in [4.69, 9.17) is 28.3 Å². The van der Waals surface area contributed by atoms with E-state index in [0.717, 1.165) is 18.2 Å². The molecule has 0 amide bonds. The van der Waals surface area contributed by atoms with Crippen molar-refractivity contribution in [1.82, 2.24) is 9.55 Å².